The van der Waals surface area contributed by atoms with Crippen LogP contribution >= 0.6 is 0 Å². The summed E-state index contributed by atoms with van der Waals surface area (Å²) in [7, 11) is 0. The highest BCUT2D eigenvalue weighted by Crippen LogP contribution is 2.64. The topological polar surface area (TPSA) is 61.8 Å². The van der Waals surface area contributed by atoms with E-state index in [9.17, 15) is 9.59 Å². The predicted molar refractivity (Wildman–Crippen MR) is 99.7 cm³/mol. The molecule has 0 amide bonds. The second kappa shape index (κ2) is 6.91. The molecule has 0 heterocycles. The van der Waals surface area contributed by atoms with E-state index in [1.54, 1.807) is 6.92 Å². The lowest BCUT2D eigenvalue weighted by atomic mass is 9.48. The van der Waals surface area contributed by atoms with Crippen LogP contribution in [-0.2, 0) is 19.3 Å². The molecule has 0 unspecified atom stereocenters. The highest BCUT2D eigenvalue weighted by molar-refractivity contribution is 5.87. The van der Waals surface area contributed by atoms with Crippen LogP contribution in [-0.4, -0.2) is 24.6 Å². The Morgan fingerprint density at radius 1 is 1.15 bits per heavy atom. The van der Waals surface area contributed by atoms with Crippen molar-refractivity contribution >= 4 is 11.9 Å². The molecule has 0 saturated heterocycles. The first-order chi connectivity index (χ1) is 12.9. The fourth-order valence-electron chi connectivity index (χ4n) is 6.76. The lowest BCUT2D eigenvalue weighted by Gasteiger charge is -2.56. The molecule has 0 aromatic carbocycles. The molecule has 3 saturated carbocycles. The van der Waals surface area contributed by atoms with Crippen LogP contribution in [0.4, 0.5) is 4.79 Å². The third-order valence-electron chi connectivity index (χ3n) is 8.28. The van der Waals surface area contributed by atoms with Crippen molar-refractivity contribution in [2.75, 3.05) is 6.61 Å². The molecule has 4 aliphatic rings. The highest BCUT2D eigenvalue weighted by Gasteiger charge is 2.58. The standard InChI is InChI=1S/C22H32O5/c1-4-25-27-20(24)26-15-9-11-21(2)14(13-15)5-6-16-17-7-8-19(23)22(17,3)12-10-18(16)21/h5,15-18H,4,6-13H2,1-3H3/t15-,16-,17-,18-,21-,22-/m0/s1. The third-order valence-corrected chi connectivity index (χ3v) is 8.28. The van der Waals surface area contributed by atoms with E-state index in [0.717, 1.165) is 51.4 Å². The molecule has 4 rings (SSSR count). The van der Waals surface area contributed by atoms with Crippen molar-refractivity contribution < 1.29 is 24.1 Å². The van der Waals surface area contributed by atoms with E-state index in [1.807, 2.05) is 0 Å². The first-order valence-electron chi connectivity index (χ1n) is 10.6. The average Bonchev–Trinajstić information content (AvgIpc) is 2.95. The molecule has 0 spiro atoms. The normalized spacial score (nSPS) is 43.2. The van der Waals surface area contributed by atoms with E-state index in [-0.39, 0.29) is 16.9 Å². The van der Waals surface area contributed by atoms with Gasteiger partial charge in [-0.15, -0.1) is 0 Å². The van der Waals surface area contributed by atoms with Crippen molar-refractivity contribution in [2.45, 2.75) is 78.2 Å². The molecule has 0 radical (unpaired) electrons. The second-order valence-corrected chi connectivity index (χ2v) is 9.40. The smallest absolute Gasteiger partial charge is 0.429 e. The molecular weight excluding hydrogens is 344 g/mol. The molecule has 0 aromatic heterocycles. The van der Waals surface area contributed by atoms with Gasteiger partial charge in [0.05, 0.1) is 6.61 Å². The number of ether oxygens (including phenoxy) is 1. The molecule has 0 bridgehead atoms. The number of carbonyl (C=O) groups excluding carboxylic acids is 2. The Hall–Kier alpha value is -1.36. The van der Waals surface area contributed by atoms with Gasteiger partial charge in [0.2, 0.25) is 0 Å². The SMILES string of the molecule is CCOOC(=O)O[C@H]1CC[C@@]2(C)C(=CC[C@@H]3[C@@H]2CC[C@]2(C)C(=O)CC[C@@H]32)C1. The fraction of sp³-hybridized carbons (Fsp3) is 0.818. The molecular formula is C22H32O5. The quantitative estimate of drug-likeness (QED) is 0.300. The summed E-state index contributed by atoms with van der Waals surface area (Å²) in [5, 5.41) is 0. The van der Waals surface area contributed by atoms with Crippen molar-refractivity contribution in [3.63, 3.8) is 0 Å². The number of fused-ring (bicyclic) bond motifs is 5. The first kappa shape index (κ1) is 19.0. The molecule has 5 nitrogen and oxygen atoms in total. The number of allylic oxidation sites excluding steroid dienone is 1. The molecule has 4 aliphatic carbocycles. The summed E-state index contributed by atoms with van der Waals surface area (Å²) in [5.74, 6) is 2.33. The zero-order valence-electron chi connectivity index (χ0n) is 16.8. The van der Waals surface area contributed by atoms with Crippen LogP contribution in [0, 0.1) is 28.6 Å². The number of hydrogen-bond donors (Lipinski definition) is 0. The van der Waals surface area contributed by atoms with Gasteiger partial charge >= 0.3 is 6.16 Å². The summed E-state index contributed by atoms with van der Waals surface area (Å²) in [6, 6.07) is 0. The van der Waals surface area contributed by atoms with Gasteiger partial charge < -0.3 is 4.74 Å². The molecule has 6 atom stereocenters. The van der Waals surface area contributed by atoms with Gasteiger partial charge in [0.15, 0.2) is 0 Å². The third kappa shape index (κ3) is 3.02. The van der Waals surface area contributed by atoms with Gasteiger partial charge in [-0.25, -0.2) is 4.79 Å². The van der Waals surface area contributed by atoms with Crippen molar-refractivity contribution in [3.05, 3.63) is 11.6 Å². The Bertz CT molecular complexity index is 655. The van der Waals surface area contributed by atoms with Crippen molar-refractivity contribution in [1.82, 2.24) is 0 Å². The van der Waals surface area contributed by atoms with Crippen LogP contribution in [0.2, 0.25) is 0 Å². The summed E-state index contributed by atoms with van der Waals surface area (Å²) in [4.78, 5) is 33.5. The number of rotatable bonds is 3. The van der Waals surface area contributed by atoms with Crippen molar-refractivity contribution in [3.8, 4) is 0 Å². The number of carbonyl (C=O) groups is 2. The summed E-state index contributed by atoms with van der Waals surface area (Å²) in [6.07, 6.45) is 9.33. The van der Waals surface area contributed by atoms with E-state index in [4.69, 9.17) is 4.74 Å². The van der Waals surface area contributed by atoms with Gasteiger partial charge in [-0.2, -0.15) is 4.89 Å². The summed E-state index contributed by atoms with van der Waals surface area (Å²) >= 11 is 0. The number of Topliss-reactive ketones (excluding diaryl/α,β-unsaturated/α-hetero) is 1. The Morgan fingerprint density at radius 2 is 1.89 bits per heavy atom. The zero-order valence-corrected chi connectivity index (χ0v) is 16.8. The lowest BCUT2D eigenvalue weighted by Crippen LogP contribution is -2.50. The molecule has 150 valence electrons. The monoisotopic (exact) mass is 376 g/mol. The molecule has 0 N–H and O–H groups in total. The highest BCUT2D eigenvalue weighted by atomic mass is 17.2. The van der Waals surface area contributed by atoms with Crippen LogP contribution in [0.5, 0.6) is 0 Å². The summed E-state index contributed by atoms with van der Waals surface area (Å²) in [6.45, 7) is 6.70. The molecule has 0 aromatic rings. The van der Waals surface area contributed by atoms with Gasteiger partial charge in [0, 0.05) is 18.3 Å². The Kier molecular flexibility index (Phi) is 4.86. The minimum Gasteiger partial charge on any atom is -0.429 e. The van der Waals surface area contributed by atoms with Gasteiger partial charge in [0.25, 0.3) is 0 Å². The van der Waals surface area contributed by atoms with Crippen LogP contribution in [0.25, 0.3) is 0 Å². The second-order valence-electron chi connectivity index (χ2n) is 9.40. The summed E-state index contributed by atoms with van der Waals surface area (Å²) in [5.41, 5.74) is 1.54. The number of hydrogen-bond acceptors (Lipinski definition) is 5. The molecule has 0 aliphatic heterocycles. The lowest BCUT2D eigenvalue weighted by molar-refractivity contribution is -0.254. The average molecular weight is 376 g/mol. The Morgan fingerprint density at radius 3 is 2.67 bits per heavy atom. The maximum atomic E-state index is 12.5. The van der Waals surface area contributed by atoms with E-state index in [0.29, 0.717) is 30.1 Å². The van der Waals surface area contributed by atoms with Crippen molar-refractivity contribution in [2.24, 2.45) is 28.6 Å². The maximum Gasteiger partial charge on any atom is 0.540 e. The maximum absolute atomic E-state index is 12.5. The zero-order chi connectivity index (χ0) is 19.2. The Balaban J connectivity index is 1.48. The first-order valence-corrected chi connectivity index (χ1v) is 10.6. The predicted octanol–water partition coefficient (Wildman–Crippen LogP) is 4.99. The van der Waals surface area contributed by atoms with E-state index >= 15 is 0 Å². The van der Waals surface area contributed by atoms with Gasteiger partial charge in [-0.05, 0) is 68.6 Å². The van der Waals surface area contributed by atoms with Crippen LogP contribution in [0.15, 0.2) is 11.6 Å². The minimum atomic E-state index is -0.738. The van der Waals surface area contributed by atoms with E-state index in [1.165, 1.54) is 5.57 Å². The van der Waals surface area contributed by atoms with E-state index < -0.39 is 6.16 Å². The molecule has 27 heavy (non-hydrogen) atoms. The van der Waals surface area contributed by atoms with Crippen LogP contribution in [0.3, 0.4) is 0 Å². The largest absolute Gasteiger partial charge is 0.540 e. The van der Waals surface area contributed by atoms with Gasteiger partial charge in [-0.1, -0.05) is 25.5 Å². The number of ketones is 1. The summed E-state index contributed by atoms with van der Waals surface area (Å²) < 4.78 is 5.45. The van der Waals surface area contributed by atoms with Gasteiger partial charge in [0.1, 0.15) is 11.9 Å². The van der Waals surface area contributed by atoms with Gasteiger partial charge in [-0.3, -0.25) is 9.68 Å². The molecule has 3 fully saturated rings. The van der Waals surface area contributed by atoms with E-state index in [2.05, 4.69) is 29.7 Å². The Labute approximate surface area is 161 Å². The fourth-order valence-corrected chi connectivity index (χ4v) is 6.76. The van der Waals surface area contributed by atoms with Crippen molar-refractivity contribution in [1.29, 1.82) is 0 Å². The minimum absolute atomic E-state index is 0.0772. The van der Waals surface area contributed by atoms with Crippen LogP contribution in [0.1, 0.15) is 72.1 Å². The van der Waals surface area contributed by atoms with Crippen LogP contribution < -0.4 is 0 Å². The molecule has 5 heteroatoms.